The molecule has 0 aromatic heterocycles. The van der Waals surface area contributed by atoms with E-state index in [0.717, 1.165) is 0 Å². The first-order valence-corrected chi connectivity index (χ1v) is 9.13. The van der Waals surface area contributed by atoms with Crippen LogP contribution in [0.4, 0.5) is 11.4 Å². The van der Waals surface area contributed by atoms with Crippen LogP contribution in [0.25, 0.3) is 0 Å². The van der Waals surface area contributed by atoms with Gasteiger partial charge in [0.1, 0.15) is 11.5 Å². The number of carbonyl (C=O) groups is 1. The molecule has 7 nitrogen and oxygen atoms in total. The van der Waals surface area contributed by atoms with Crippen molar-refractivity contribution in [1.82, 2.24) is 0 Å². The van der Waals surface area contributed by atoms with Gasteiger partial charge in [0.05, 0.1) is 24.8 Å². The predicted molar refractivity (Wildman–Crippen MR) is 102 cm³/mol. The molecule has 2 aromatic carbocycles. The number of hydrogen-bond acceptors (Lipinski definition) is 6. The molecule has 0 saturated heterocycles. The fourth-order valence-electron chi connectivity index (χ4n) is 2.03. The lowest BCUT2D eigenvalue weighted by Crippen LogP contribution is -2.14. The Bertz CT molecular complexity index is 961. The summed E-state index contributed by atoms with van der Waals surface area (Å²) in [6, 6.07) is 10.4. The standard InChI is InChI=1S/C17H16N2O5S2/c1-23-13-5-8-16(24-2)15(11-13)19-26(21,22)14-6-3-12(4-7-14)18-17(20)9-10-25/h3-8,11,19,25H,1-2H3,(H,18,20). The normalized spacial score (nSPS) is 10.3. The van der Waals surface area contributed by atoms with Crippen molar-refractivity contribution in [1.29, 1.82) is 0 Å². The van der Waals surface area contributed by atoms with E-state index in [2.05, 4.69) is 33.8 Å². The lowest BCUT2D eigenvalue weighted by molar-refractivity contribution is -0.111. The zero-order valence-corrected chi connectivity index (χ0v) is 15.6. The topological polar surface area (TPSA) is 93.7 Å². The third-order valence-corrected chi connectivity index (χ3v) is 4.74. The fraction of sp³-hybridized carbons (Fsp3) is 0.118. The van der Waals surface area contributed by atoms with Crippen LogP contribution in [-0.2, 0) is 14.8 Å². The van der Waals surface area contributed by atoms with Crippen LogP contribution in [0, 0.1) is 11.2 Å². The second-order valence-corrected chi connectivity index (χ2v) is 6.79. The maximum absolute atomic E-state index is 12.6. The minimum absolute atomic E-state index is 0.0145. The number of benzene rings is 2. The predicted octanol–water partition coefficient (Wildman–Crippen LogP) is 2.33. The minimum atomic E-state index is -3.86. The number of rotatable bonds is 6. The summed E-state index contributed by atoms with van der Waals surface area (Å²) in [7, 11) is -0.952. The molecule has 0 saturated carbocycles. The number of ether oxygens (including phenoxy) is 2. The van der Waals surface area contributed by atoms with Crippen molar-refractivity contribution in [3.05, 3.63) is 42.5 Å². The monoisotopic (exact) mass is 392 g/mol. The number of amides is 1. The van der Waals surface area contributed by atoms with Gasteiger partial charge in [0.15, 0.2) is 0 Å². The Labute approximate surface area is 157 Å². The molecule has 26 heavy (non-hydrogen) atoms. The number of sulfonamides is 1. The van der Waals surface area contributed by atoms with Crippen molar-refractivity contribution in [3.8, 4) is 22.7 Å². The number of methoxy groups -OCH3 is 2. The van der Waals surface area contributed by atoms with E-state index >= 15 is 0 Å². The summed E-state index contributed by atoms with van der Waals surface area (Å²) in [6.07, 6.45) is 0. The molecular formula is C17H16N2O5S2. The van der Waals surface area contributed by atoms with Crippen LogP contribution in [0.1, 0.15) is 0 Å². The molecule has 0 unspecified atom stereocenters. The molecule has 2 aromatic rings. The summed E-state index contributed by atoms with van der Waals surface area (Å²) in [4.78, 5) is 11.4. The molecule has 0 aliphatic heterocycles. The Morgan fingerprint density at radius 3 is 2.35 bits per heavy atom. The van der Waals surface area contributed by atoms with Crippen LogP contribution in [0.5, 0.6) is 11.5 Å². The molecule has 0 bridgehead atoms. The van der Waals surface area contributed by atoms with Crippen molar-refractivity contribution in [3.63, 3.8) is 0 Å². The van der Waals surface area contributed by atoms with E-state index in [1.807, 2.05) is 0 Å². The van der Waals surface area contributed by atoms with Gasteiger partial charge in [-0.25, -0.2) is 8.42 Å². The third-order valence-electron chi connectivity index (χ3n) is 3.24. The van der Waals surface area contributed by atoms with Gasteiger partial charge in [-0.1, -0.05) is 12.6 Å². The zero-order chi connectivity index (χ0) is 19.2. The number of nitrogens with one attached hydrogen (secondary N) is 2. The van der Waals surface area contributed by atoms with Gasteiger partial charge in [0.2, 0.25) is 0 Å². The largest absolute Gasteiger partial charge is 0.497 e. The van der Waals surface area contributed by atoms with E-state index in [0.29, 0.717) is 17.2 Å². The summed E-state index contributed by atoms with van der Waals surface area (Å²) >= 11 is 3.63. The van der Waals surface area contributed by atoms with Gasteiger partial charge in [-0.05, 0) is 41.7 Å². The molecule has 0 fully saturated rings. The second-order valence-electron chi connectivity index (χ2n) is 4.89. The van der Waals surface area contributed by atoms with Crippen LogP contribution in [0.2, 0.25) is 0 Å². The second kappa shape index (κ2) is 8.51. The number of thiol groups is 1. The van der Waals surface area contributed by atoms with E-state index in [1.165, 1.54) is 44.6 Å². The molecule has 0 radical (unpaired) electrons. The summed E-state index contributed by atoms with van der Waals surface area (Å²) in [5.41, 5.74) is 0.650. The smallest absolute Gasteiger partial charge is 0.301 e. The Kier molecular flexibility index (Phi) is 6.38. The molecule has 0 heterocycles. The van der Waals surface area contributed by atoms with Crippen LogP contribution >= 0.6 is 12.6 Å². The first-order chi connectivity index (χ1) is 12.4. The SMILES string of the molecule is COc1ccc(OC)c(NS(=O)(=O)c2ccc(NC(=O)C#CS)cc2)c1. The Morgan fingerprint density at radius 1 is 1.08 bits per heavy atom. The highest BCUT2D eigenvalue weighted by Gasteiger charge is 2.17. The molecule has 0 aliphatic carbocycles. The van der Waals surface area contributed by atoms with E-state index in [-0.39, 0.29) is 10.6 Å². The van der Waals surface area contributed by atoms with Gasteiger partial charge in [-0.3, -0.25) is 9.52 Å². The van der Waals surface area contributed by atoms with E-state index in [9.17, 15) is 13.2 Å². The van der Waals surface area contributed by atoms with Crippen molar-refractivity contribution < 1.29 is 22.7 Å². The average molecular weight is 392 g/mol. The van der Waals surface area contributed by atoms with Gasteiger partial charge in [0, 0.05) is 17.7 Å². The minimum Gasteiger partial charge on any atom is -0.497 e. The van der Waals surface area contributed by atoms with Crippen molar-refractivity contribution in [2.24, 2.45) is 0 Å². The Balaban J connectivity index is 2.25. The number of anilines is 2. The average Bonchev–Trinajstić information content (AvgIpc) is 2.62. The molecular weight excluding hydrogens is 376 g/mol. The molecule has 2 rings (SSSR count). The van der Waals surface area contributed by atoms with E-state index in [1.54, 1.807) is 12.1 Å². The molecule has 1 amide bonds. The molecule has 2 N–H and O–H groups in total. The van der Waals surface area contributed by atoms with Crippen molar-refractivity contribution >= 4 is 39.9 Å². The van der Waals surface area contributed by atoms with Crippen LogP contribution in [-0.4, -0.2) is 28.5 Å². The summed E-state index contributed by atoms with van der Waals surface area (Å²) in [5, 5.41) is 4.67. The maximum atomic E-state index is 12.6. The van der Waals surface area contributed by atoms with Crippen molar-refractivity contribution in [2.45, 2.75) is 4.90 Å². The van der Waals surface area contributed by atoms with Crippen LogP contribution in [0.3, 0.4) is 0 Å². The van der Waals surface area contributed by atoms with Crippen LogP contribution in [0.15, 0.2) is 47.4 Å². The quantitative estimate of drug-likeness (QED) is 0.518. The van der Waals surface area contributed by atoms with E-state index < -0.39 is 15.9 Å². The summed E-state index contributed by atoms with van der Waals surface area (Å²) in [5.74, 6) is 2.49. The molecule has 0 atom stereocenters. The molecule has 136 valence electrons. The lowest BCUT2D eigenvalue weighted by atomic mass is 10.3. The molecule has 9 heteroatoms. The van der Waals surface area contributed by atoms with Crippen LogP contribution < -0.4 is 19.5 Å². The first kappa shape index (κ1) is 19.5. The fourth-order valence-corrected chi connectivity index (χ4v) is 3.19. The summed E-state index contributed by atoms with van der Waals surface area (Å²) < 4.78 is 37.9. The Morgan fingerprint density at radius 2 is 1.77 bits per heavy atom. The third kappa shape index (κ3) is 4.84. The van der Waals surface area contributed by atoms with Gasteiger partial charge >= 0.3 is 5.91 Å². The van der Waals surface area contributed by atoms with Gasteiger partial charge < -0.3 is 14.8 Å². The van der Waals surface area contributed by atoms with Gasteiger partial charge in [-0.2, -0.15) is 0 Å². The zero-order valence-electron chi connectivity index (χ0n) is 13.9. The lowest BCUT2D eigenvalue weighted by Gasteiger charge is -2.13. The van der Waals surface area contributed by atoms with Gasteiger partial charge in [-0.15, -0.1) is 0 Å². The Hall–Kier alpha value is -2.83. The number of hydrogen-bond donors (Lipinski definition) is 3. The molecule has 0 aliphatic rings. The first-order valence-electron chi connectivity index (χ1n) is 7.20. The maximum Gasteiger partial charge on any atom is 0.301 e. The highest BCUT2D eigenvalue weighted by atomic mass is 32.2. The van der Waals surface area contributed by atoms with E-state index in [4.69, 9.17) is 9.47 Å². The number of carbonyl (C=O) groups excluding carboxylic acids is 1. The summed E-state index contributed by atoms with van der Waals surface area (Å²) in [6.45, 7) is 0. The molecule has 0 spiro atoms. The highest BCUT2D eigenvalue weighted by molar-refractivity contribution is 7.92. The van der Waals surface area contributed by atoms with Crippen molar-refractivity contribution in [2.75, 3.05) is 24.3 Å². The van der Waals surface area contributed by atoms with Gasteiger partial charge in [0.25, 0.3) is 10.0 Å². The highest BCUT2D eigenvalue weighted by Crippen LogP contribution is 2.31.